The first-order valence-electron chi connectivity index (χ1n) is 10.4. The van der Waals surface area contributed by atoms with Crippen molar-refractivity contribution in [3.05, 3.63) is 77.5 Å². The largest absolute Gasteiger partial charge is 0.463 e. The number of rotatable bonds is 8. The van der Waals surface area contributed by atoms with Crippen LogP contribution in [0.1, 0.15) is 21.5 Å². The zero-order chi connectivity index (χ0) is 26.5. The second kappa shape index (κ2) is 10.7. The smallest absolute Gasteiger partial charge is 0.364 e. The monoisotopic (exact) mass is 508 g/mol. The predicted molar refractivity (Wildman–Crippen MR) is 122 cm³/mol. The highest BCUT2D eigenvalue weighted by Crippen LogP contribution is 2.37. The van der Waals surface area contributed by atoms with Gasteiger partial charge in [-0.2, -0.15) is 22.0 Å². The topological polar surface area (TPSA) is 92.3 Å². The molecule has 2 aromatic carbocycles. The number of hydrogen-bond donors (Lipinski definition) is 3. The molecule has 0 unspecified atom stereocenters. The molecule has 3 aromatic rings. The number of hydrogen-bond acceptors (Lipinski definition) is 5. The van der Waals surface area contributed by atoms with E-state index in [1.807, 2.05) is 0 Å². The number of nitrogens with one attached hydrogen (secondary N) is 3. The van der Waals surface area contributed by atoms with E-state index >= 15 is 0 Å². The van der Waals surface area contributed by atoms with Gasteiger partial charge >= 0.3 is 18.0 Å². The molecule has 0 aliphatic rings. The number of carbonyl (C=O) groups excluding carboxylic acids is 2. The van der Waals surface area contributed by atoms with Crippen molar-refractivity contribution in [3.8, 4) is 11.1 Å². The molecule has 190 valence electrons. The SMILES string of the molecule is CONC(=O)c1ccccc1-c1ccc(CNc2nccc(C)c2NC(=O)C(F)(F)C(F)(F)F)cc1. The third kappa shape index (κ3) is 5.77. The lowest BCUT2D eigenvalue weighted by Crippen LogP contribution is -2.47. The second-order valence-corrected chi connectivity index (χ2v) is 7.61. The highest BCUT2D eigenvalue weighted by molar-refractivity contribution is 6.00. The number of aryl methyl sites for hydroxylation is 1. The van der Waals surface area contributed by atoms with Gasteiger partial charge in [-0.1, -0.05) is 42.5 Å². The van der Waals surface area contributed by atoms with Gasteiger partial charge in [-0.15, -0.1) is 0 Å². The molecule has 3 N–H and O–H groups in total. The van der Waals surface area contributed by atoms with Gasteiger partial charge in [0.05, 0.1) is 12.8 Å². The van der Waals surface area contributed by atoms with Gasteiger partial charge in [0.1, 0.15) is 5.82 Å². The van der Waals surface area contributed by atoms with Gasteiger partial charge in [-0.05, 0) is 41.3 Å². The highest BCUT2D eigenvalue weighted by Gasteiger charge is 2.63. The van der Waals surface area contributed by atoms with E-state index in [-0.39, 0.29) is 23.6 Å². The van der Waals surface area contributed by atoms with Gasteiger partial charge in [0.2, 0.25) is 0 Å². The summed E-state index contributed by atoms with van der Waals surface area (Å²) in [6.07, 6.45) is -4.72. The van der Waals surface area contributed by atoms with Crippen molar-refractivity contribution in [1.29, 1.82) is 0 Å². The van der Waals surface area contributed by atoms with Crippen LogP contribution in [-0.4, -0.2) is 36.0 Å². The van der Waals surface area contributed by atoms with Crippen LogP contribution in [0.2, 0.25) is 0 Å². The van der Waals surface area contributed by atoms with E-state index in [2.05, 4.69) is 20.6 Å². The average Bonchev–Trinajstić information content (AvgIpc) is 2.84. The zero-order valence-corrected chi connectivity index (χ0v) is 19.0. The van der Waals surface area contributed by atoms with E-state index in [0.717, 1.165) is 5.56 Å². The summed E-state index contributed by atoms with van der Waals surface area (Å²) in [5.74, 6) is -8.57. The van der Waals surface area contributed by atoms with Crippen molar-refractivity contribution in [3.63, 3.8) is 0 Å². The normalized spacial score (nSPS) is 11.6. The van der Waals surface area contributed by atoms with Crippen LogP contribution >= 0.6 is 0 Å². The van der Waals surface area contributed by atoms with Crippen LogP contribution in [0.3, 0.4) is 0 Å². The van der Waals surface area contributed by atoms with Crippen LogP contribution in [0.15, 0.2) is 60.8 Å². The maximum absolute atomic E-state index is 13.4. The molecule has 3 rings (SSSR count). The minimum atomic E-state index is -6.04. The fourth-order valence-corrected chi connectivity index (χ4v) is 3.24. The number of nitrogens with zero attached hydrogens (tertiary/aromatic N) is 1. The van der Waals surface area contributed by atoms with E-state index in [4.69, 9.17) is 0 Å². The first kappa shape index (κ1) is 26.5. The summed E-state index contributed by atoms with van der Waals surface area (Å²) < 4.78 is 64.5. The zero-order valence-electron chi connectivity index (χ0n) is 19.0. The molecule has 2 amide bonds. The summed E-state index contributed by atoms with van der Waals surface area (Å²) in [7, 11) is 1.32. The minimum absolute atomic E-state index is 0.0769. The number of benzene rings is 2. The van der Waals surface area contributed by atoms with E-state index in [1.54, 1.807) is 53.8 Å². The van der Waals surface area contributed by atoms with Gasteiger partial charge in [0.25, 0.3) is 5.91 Å². The summed E-state index contributed by atoms with van der Waals surface area (Å²) in [4.78, 5) is 32.5. The number of pyridine rings is 1. The van der Waals surface area contributed by atoms with Crippen LogP contribution in [-0.2, 0) is 16.2 Å². The van der Waals surface area contributed by atoms with Crippen molar-refractivity contribution in [2.24, 2.45) is 0 Å². The predicted octanol–water partition coefficient (Wildman–Crippen LogP) is 5.10. The molecule has 1 heterocycles. The lowest BCUT2D eigenvalue weighted by molar-refractivity contribution is -0.267. The molecule has 1 aromatic heterocycles. The van der Waals surface area contributed by atoms with Crippen LogP contribution in [0.4, 0.5) is 33.5 Å². The van der Waals surface area contributed by atoms with E-state index < -0.39 is 23.9 Å². The van der Waals surface area contributed by atoms with Gasteiger partial charge in [0, 0.05) is 18.3 Å². The minimum Gasteiger partial charge on any atom is -0.364 e. The lowest BCUT2D eigenvalue weighted by Gasteiger charge is -2.20. The number of halogens is 5. The molecule has 0 saturated heterocycles. The van der Waals surface area contributed by atoms with Crippen molar-refractivity contribution in [2.75, 3.05) is 17.7 Å². The molecule has 0 aliphatic carbocycles. The Morgan fingerprint density at radius 2 is 1.64 bits per heavy atom. The third-order valence-corrected chi connectivity index (χ3v) is 5.13. The number of aromatic nitrogens is 1. The Bertz CT molecular complexity index is 1250. The first-order chi connectivity index (χ1) is 17.0. The molecular formula is C24H21F5N4O3. The van der Waals surface area contributed by atoms with Crippen molar-refractivity contribution >= 4 is 23.3 Å². The molecular weight excluding hydrogens is 487 g/mol. The fourth-order valence-electron chi connectivity index (χ4n) is 3.24. The van der Waals surface area contributed by atoms with E-state index in [1.165, 1.54) is 26.3 Å². The lowest BCUT2D eigenvalue weighted by atomic mass is 9.98. The standard InChI is InChI=1S/C24H21F5N4O3/c1-14-11-12-30-20(19(14)32-22(35)23(25,26)24(27,28)29)31-13-15-7-9-16(10-8-15)17-5-3-4-6-18(17)21(34)33-36-2/h3-12H,13H2,1-2H3,(H,30,31)(H,32,35)(H,33,34). The average molecular weight is 508 g/mol. The van der Waals surface area contributed by atoms with E-state index in [0.29, 0.717) is 16.7 Å². The molecule has 0 aliphatic heterocycles. The number of hydroxylamine groups is 1. The summed E-state index contributed by atoms with van der Waals surface area (Å²) in [5, 5.41) is 4.48. The first-order valence-corrected chi connectivity index (χ1v) is 10.4. The van der Waals surface area contributed by atoms with Gasteiger partial charge in [0.15, 0.2) is 0 Å². The maximum atomic E-state index is 13.4. The molecule has 0 radical (unpaired) electrons. The Labute approximate surface area is 202 Å². The number of carbonyl (C=O) groups is 2. The fraction of sp³-hybridized carbons (Fsp3) is 0.208. The van der Waals surface area contributed by atoms with Crippen molar-refractivity contribution in [1.82, 2.24) is 10.5 Å². The Morgan fingerprint density at radius 1 is 0.972 bits per heavy atom. The number of anilines is 2. The molecule has 7 nitrogen and oxygen atoms in total. The molecule has 12 heteroatoms. The van der Waals surface area contributed by atoms with Gasteiger partial charge in [-0.3, -0.25) is 14.4 Å². The van der Waals surface area contributed by atoms with Crippen LogP contribution in [0.25, 0.3) is 11.1 Å². The molecule has 36 heavy (non-hydrogen) atoms. The summed E-state index contributed by atoms with van der Waals surface area (Å²) in [6, 6.07) is 15.2. The molecule has 0 fully saturated rings. The quantitative estimate of drug-likeness (QED) is 0.291. The molecule has 0 spiro atoms. The van der Waals surface area contributed by atoms with Gasteiger partial charge < -0.3 is 10.6 Å². The maximum Gasteiger partial charge on any atom is 0.463 e. The second-order valence-electron chi connectivity index (χ2n) is 7.61. The van der Waals surface area contributed by atoms with Crippen molar-refractivity contribution in [2.45, 2.75) is 25.6 Å². The van der Waals surface area contributed by atoms with Crippen LogP contribution in [0, 0.1) is 6.92 Å². The Kier molecular flexibility index (Phi) is 7.88. The van der Waals surface area contributed by atoms with Crippen molar-refractivity contribution < 1.29 is 36.4 Å². The molecule has 0 saturated carbocycles. The van der Waals surface area contributed by atoms with E-state index in [9.17, 15) is 31.5 Å². The van der Waals surface area contributed by atoms with Crippen LogP contribution in [0.5, 0.6) is 0 Å². The van der Waals surface area contributed by atoms with Crippen LogP contribution < -0.4 is 16.1 Å². The Hall–Kier alpha value is -4.06. The molecule has 0 atom stereocenters. The summed E-state index contributed by atoms with van der Waals surface area (Å²) >= 11 is 0. The number of alkyl halides is 5. The van der Waals surface area contributed by atoms with Gasteiger partial charge in [-0.25, -0.2) is 10.5 Å². The summed E-state index contributed by atoms with van der Waals surface area (Å²) in [6.45, 7) is 1.54. The molecule has 0 bridgehead atoms. The number of amides is 2. The Balaban J connectivity index is 1.77. The highest BCUT2D eigenvalue weighted by atomic mass is 19.4. The summed E-state index contributed by atoms with van der Waals surface area (Å²) in [5.41, 5.74) is 4.70. The third-order valence-electron chi connectivity index (χ3n) is 5.13. The Morgan fingerprint density at radius 3 is 2.28 bits per heavy atom.